The maximum absolute atomic E-state index is 12.1. The van der Waals surface area contributed by atoms with Crippen LogP contribution in [0.25, 0.3) is 0 Å². The molecule has 0 fully saturated rings. The molecule has 92 valence electrons. The van der Waals surface area contributed by atoms with Gasteiger partial charge < -0.3 is 10.5 Å². The lowest BCUT2D eigenvalue weighted by molar-refractivity contribution is -0.0506. The molecular weight excluding hydrogens is 243 g/mol. The molecule has 1 rings (SSSR count). The largest absolute Gasteiger partial charge is 0.434 e. The van der Waals surface area contributed by atoms with Gasteiger partial charge in [0.1, 0.15) is 5.75 Å². The van der Waals surface area contributed by atoms with Crippen LogP contribution in [0.5, 0.6) is 5.75 Å². The van der Waals surface area contributed by atoms with Crippen molar-refractivity contribution in [2.24, 2.45) is 5.73 Å². The van der Waals surface area contributed by atoms with Crippen molar-refractivity contribution >= 4 is 12.4 Å². The zero-order valence-corrected chi connectivity index (χ0v) is 9.22. The van der Waals surface area contributed by atoms with E-state index in [1.165, 1.54) is 6.07 Å². The molecule has 0 aliphatic rings. The Labute approximate surface area is 98.0 Å². The number of hydrogen-bond acceptors (Lipinski definition) is 2. The zero-order valence-electron chi connectivity index (χ0n) is 8.41. The van der Waals surface area contributed by atoms with Gasteiger partial charge in [-0.25, -0.2) is 0 Å². The fraction of sp³-hybridized carbons (Fsp3) is 0.400. The topological polar surface area (TPSA) is 35.2 Å². The van der Waals surface area contributed by atoms with Gasteiger partial charge in [0.2, 0.25) is 0 Å². The first-order chi connectivity index (χ1) is 7.15. The van der Waals surface area contributed by atoms with Crippen molar-refractivity contribution in [1.82, 2.24) is 0 Å². The highest BCUT2D eigenvalue weighted by Gasteiger charge is 2.14. The highest BCUT2D eigenvalue weighted by molar-refractivity contribution is 5.85. The molecule has 1 aromatic rings. The molecule has 0 aliphatic heterocycles. The SMILES string of the molecule is Cl.N[C@H](CCF)c1ccccc1OC(F)F. The van der Waals surface area contributed by atoms with E-state index < -0.39 is 19.3 Å². The van der Waals surface area contributed by atoms with Crippen molar-refractivity contribution in [3.05, 3.63) is 29.8 Å². The van der Waals surface area contributed by atoms with E-state index in [0.717, 1.165) is 0 Å². The lowest BCUT2D eigenvalue weighted by Gasteiger charge is -2.15. The Hall–Kier alpha value is -0.940. The van der Waals surface area contributed by atoms with E-state index in [2.05, 4.69) is 4.74 Å². The summed E-state index contributed by atoms with van der Waals surface area (Å²) in [4.78, 5) is 0. The second-order valence-corrected chi connectivity index (χ2v) is 3.00. The number of hydrogen-bond donors (Lipinski definition) is 1. The van der Waals surface area contributed by atoms with Crippen LogP contribution in [0.2, 0.25) is 0 Å². The van der Waals surface area contributed by atoms with Gasteiger partial charge in [-0.05, 0) is 12.5 Å². The van der Waals surface area contributed by atoms with E-state index >= 15 is 0 Å². The Morgan fingerprint density at radius 3 is 2.44 bits per heavy atom. The molecule has 0 spiro atoms. The smallest absolute Gasteiger partial charge is 0.387 e. The van der Waals surface area contributed by atoms with Crippen molar-refractivity contribution < 1.29 is 17.9 Å². The first-order valence-electron chi connectivity index (χ1n) is 4.50. The number of para-hydroxylation sites is 1. The van der Waals surface area contributed by atoms with Crippen LogP contribution in [0.1, 0.15) is 18.0 Å². The number of rotatable bonds is 5. The quantitative estimate of drug-likeness (QED) is 0.878. The lowest BCUT2D eigenvalue weighted by atomic mass is 10.0. The van der Waals surface area contributed by atoms with E-state index in [0.29, 0.717) is 5.56 Å². The Morgan fingerprint density at radius 2 is 1.88 bits per heavy atom. The van der Waals surface area contributed by atoms with Gasteiger partial charge in [0.05, 0.1) is 6.67 Å². The Balaban J connectivity index is 0.00000225. The molecule has 0 saturated carbocycles. The van der Waals surface area contributed by atoms with Crippen molar-refractivity contribution in [2.75, 3.05) is 6.67 Å². The van der Waals surface area contributed by atoms with Gasteiger partial charge in [0.15, 0.2) is 0 Å². The molecule has 0 unspecified atom stereocenters. The summed E-state index contributed by atoms with van der Waals surface area (Å²) in [5.74, 6) is 0.00782. The van der Waals surface area contributed by atoms with Crippen LogP contribution >= 0.6 is 12.4 Å². The molecular formula is C10H13ClF3NO. The molecule has 0 aromatic heterocycles. The summed E-state index contributed by atoms with van der Waals surface area (Å²) in [7, 11) is 0. The third-order valence-corrected chi connectivity index (χ3v) is 1.95. The van der Waals surface area contributed by atoms with Crippen LogP contribution in [-0.2, 0) is 0 Å². The Bertz CT molecular complexity index is 312. The Morgan fingerprint density at radius 1 is 1.25 bits per heavy atom. The summed E-state index contributed by atoms with van der Waals surface area (Å²) in [5, 5.41) is 0. The van der Waals surface area contributed by atoms with Crippen LogP contribution < -0.4 is 10.5 Å². The summed E-state index contributed by atoms with van der Waals surface area (Å²) < 4.78 is 40.4. The molecule has 2 N–H and O–H groups in total. The number of halogens is 4. The monoisotopic (exact) mass is 255 g/mol. The van der Waals surface area contributed by atoms with E-state index in [-0.39, 0.29) is 24.6 Å². The molecule has 6 heteroatoms. The van der Waals surface area contributed by atoms with Crippen LogP contribution in [0, 0.1) is 0 Å². The molecule has 0 heterocycles. The highest BCUT2D eigenvalue weighted by atomic mass is 35.5. The standard InChI is InChI=1S/C10H12F3NO.ClH/c11-6-5-8(14)7-3-1-2-4-9(7)15-10(12)13;/h1-4,8,10H,5-6,14H2;1H/t8-;/m1./s1. The molecule has 0 amide bonds. The van der Waals surface area contributed by atoms with Crippen LogP contribution in [-0.4, -0.2) is 13.3 Å². The molecule has 1 atom stereocenters. The highest BCUT2D eigenvalue weighted by Crippen LogP contribution is 2.26. The first kappa shape index (κ1) is 15.1. The van der Waals surface area contributed by atoms with Crippen molar-refractivity contribution in [3.63, 3.8) is 0 Å². The van der Waals surface area contributed by atoms with Crippen molar-refractivity contribution in [3.8, 4) is 5.75 Å². The molecule has 16 heavy (non-hydrogen) atoms. The average Bonchev–Trinajstić information content (AvgIpc) is 2.18. The molecule has 0 radical (unpaired) electrons. The van der Waals surface area contributed by atoms with Gasteiger partial charge in [-0.3, -0.25) is 4.39 Å². The van der Waals surface area contributed by atoms with Crippen LogP contribution in [0.4, 0.5) is 13.2 Å². The summed E-state index contributed by atoms with van der Waals surface area (Å²) in [6, 6.07) is 5.53. The van der Waals surface area contributed by atoms with E-state index in [9.17, 15) is 13.2 Å². The minimum atomic E-state index is -2.90. The summed E-state index contributed by atoms with van der Waals surface area (Å²) >= 11 is 0. The third kappa shape index (κ3) is 4.28. The van der Waals surface area contributed by atoms with Gasteiger partial charge in [-0.2, -0.15) is 8.78 Å². The number of benzene rings is 1. The van der Waals surface area contributed by atoms with Crippen molar-refractivity contribution in [2.45, 2.75) is 19.1 Å². The second kappa shape index (κ2) is 7.35. The van der Waals surface area contributed by atoms with Gasteiger partial charge in [-0.1, -0.05) is 18.2 Å². The molecule has 0 bridgehead atoms. The van der Waals surface area contributed by atoms with Gasteiger partial charge in [-0.15, -0.1) is 12.4 Å². The average molecular weight is 256 g/mol. The maximum atomic E-state index is 12.1. The molecule has 2 nitrogen and oxygen atoms in total. The fourth-order valence-electron chi connectivity index (χ4n) is 1.26. The maximum Gasteiger partial charge on any atom is 0.387 e. The molecule has 1 aromatic carbocycles. The van der Waals surface area contributed by atoms with Gasteiger partial charge in [0.25, 0.3) is 0 Å². The third-order valence-electron chi connectivity index (χ3n) is 1.95. The van der Waals surface area contributed by atoms with E-state index in [1.54, 1.807) is 18.2 Å². The first-order valence-corrected chi connectivity index (χ1v) is 4.50. The van der Waals surface area contributed by atoms with Crippen LogP contribution in [0.3, 0.4) is 0 Å². The predicted octanol–water partition coefficient (Wildman–Crippen LogP) is 3.07. The van der Waals surface area contributed by atoms with Crippen LogP contribution in [0.15, 0.2) is 24.3 Å². The molecule has 0 aliphatic carbocycles. The zero-order chi connectivity index (χ0) is 11.3. The lowest BCUT2D eigenvalue weighted by Crippen LogP contribution is -2.14. The molecule has 0 saturated heterocycles. The number of nitrogens with two attached hydrogens (primary N) is 1. The summed E-state index contributed by atoms with van der Waals surface area (Å²) in [5.41, 5.74) is 6.02. The van der Waals surface area contributed by atoms with Gasteiger partial charge >= 0.3 is 6.61 Å². The Kier molecular flexibility index (Phi) is 6.92. The number of ether oxygens (including phenoxy) is 1. The second-order valence-electron chi connectivity index (χ2n) is 3.00. The fourth-order valence-corrected chi connectivity index (χ4v) is 1.26. The van der Waals surface area contributed by atoms with Gasteiger partial charge in [0, 0.05) is 11.6 Å². The summed E-state index contributed by atoms with van der Waals surface area (Å²) in [6.07, 6.45) is 0.0869. The normalized spacial score (nSPS) is 12.1. The van der Waals surface area contributed by atoms with Crippen molar-refractivity contribution in [1.29, 1.82) is 0 Å². The number of alkyl halides is 3. The summed E-state index contributed by atoms with van der Waals surface area (Å²) in [6.45, 7) is -3.49. The van der Waals surface area contributed by atoms with E-state index in [4.69, 9.17) is 5.73 Å². The predicted molar refractivity (Wildman–Crippen MR) is 57.8 cm³/mol. The van der Waals surface area contributed by atoms with E-state index in [1.807, 2.05) is 0 Å². The minimum absolute atomic E-state index is 0. The minimum Gasteiger partial charge on any atom is -0.434 e.